The van der Waals surface area contributed by atoms with E-state index in [9.17, 15) is 4.39 Å². The van der Waals surface area contributed by atoms with Crippen LogP contribution < -0.4 is 14.8 Å². The quantitative estimate of drug-likeness (QED) is 0.587. The summed E-state index contributed by atoms with van der Waals surface area (Å²) in [6, 6.07) is 12.2. The van der Waals surface area contributed by atoms with Gasteiger partial charge < -0.3 is 19.7 Å². The van der Waals surface area contributed by atoms with Crippen LogP contribution in [0.1, 0.15) is 16.7 Å². The lowest BCUT2D eigenvalue weighted by Crippen LogP contribution is -2.39. The fraction of sp³-hybridized carbons (Fsp3) is 0.333. The van der Waals surface area contributed by atoms with Gasteiger partial charge in [0.05, 0.1) is 25.9 Å². The van der Waals surface area contributed by atoms with Crippen LogP contribution in [-0.2, 0) is 13.0 Å². The number of hydrogen-bond acceptors (Lipinski definition) is 4. The van der Waals surface area contributed by atoms with E-state index < -0.39 is 0 Å². The van der Waals surface area contributed by atoms with E-state index in [1.54, 1.807) is 27.3 Å². The van der Waals surface area contributed by atoms with Crippen molar-refractivity contribution in [3.8, 4) is 17.6 Å². The zero-order valence-electron chi connectivity index (χ0n) is 16.6. The lowest BCUT2D eigenvalue weighted by atomic mass is 10.1. The Morgan fingerprint density at radius 1 is 1.18 bits per heavy atom. The van der Waals surface area contributed by atoms with Crippen LogP contribution in [0.5, 0.6) is 11.5 Å². The van der Waals surface area contributed by atoms with E-state index in [-0.39, 0.29) is 12.4 Å². The van der Waals surface area contributed by atoms with E-state index in [0.717, 1.165) is 12.0 Å². The summed E-state index contributed by atoms with van der Waals surface area (Å²) >= 11 is 0. The van der Waals surface area contributed by atoms with Crippen LogP contribution in [0.25, 0.3) is 0 Å². The fourth-order valence-corrected chi connectivity index (χ4v) is 2.78. The Morgan fingerprint density at radius 3 is 2.57 bits per heavy atom. The Bertz CT molecular complexity index is 877. The molecule has 0 aliphatic carbocycles. The monoisotopic (exact) mass is 384 g/mol. The van der Waals surface area contributed by atoms with E-state index in [0.29, 0.717) is 35.1 Å². The Hall–Kier alpha value is -3.27. The van der Waals surface area contributed by atoms with Gasteiger partial charge in [0, 0.05) is 32.7 Å². The highest BCUT2D eigenvalue weighted by molar-refractivity contribution is 5.79. The molecule has 0 atom stereocenters. The molecular weight excluding hydrogens is 359 g/mol. The molecule has 0 saturated heterocycles. The number of hydrogen-bond donors (Lipinski definition) is 1. The molecule has 0 saturated carbocycles. The van der Waals surface area contributed by atoms with Crippen LogP contribution >= 0.6 is 0 Å². The van der Waals surface area contributed by atoms with Gasteiger partial charge in [-0.25, -0.2) is 4.39 Å². The molecule has 0 heterocycles. The Morgan fingerprint density at radius 2 is 1.93 bits per heavy atom. The number of likely N-dealkylation sites (N-methyl/N-ethyl adjacent to an activating group) is 1. The molecule has 2 rings (SSSR count). The third-order valence-electron chi connectivity index (χ3n) is 4.37. The third kappa shape index (κ3) is 5.36. The van der Waals surface area contributed by atoms with Crippen molar-refractivity contribution in [1.82, 2.24) is 10.2 Å². The largest absolute Gasteiger partial charge is 0.493 e. The minimum atomic E-state index is -0.352. The van der Waals surface area contributed by atoms with E-state index >= 15 is 0 Å². The second-order valence-electron chi connectivity index (χ2n) is 6.18. The van der Waals surface area contributed by atoms with Gasteiger partial charge in [0.2, 0.25) is 0 Å². The third-order valence-corrected chi connectivity index (χ3v) is 4.37. The summed E-state index contributed by atoms with van der Waals surface area (Å²) in [7, 11) is 6.81. The summed E-state index contributed by atoms with van der Waals surface area (Å²) < 4.78 is 24.5. The predicted molar refractivity (Wildman–Crippen MR) is 107 cm³/mol. The van der Waals surface area contributed by atoms with Gasteiger partial charge in [-0.1, -0.05) is 6.07 Å². The van der Waals surface area contributed by atoms with Crippen molar-refractivity contribution in [2.75, 3.05) is 34.9 Å². The molecule has 0 amide bonds. The van der Waals surface area contributed by atoms with Crippen LogP contribution in [-0.4, -0.2) is 45.7 Å². The molecule has 0 spiro atoms. The van der Waals surface area contributed by atoms with Gasteiger partial charge >= 0.3 is 0 Å². The van der Waals surface area contributed by atoms with Crippen molar-refractivity contribution >= 4 is 5.96 Å². The zero-order valence-corrected chi connectivity index (χ0v) is 16.6. The highest BCUT2D eigenvalue weighted by Crippen LogP contribution is 2.27. The molecule has 0 radical (unpaired) electrons. The number of nitriles is 1. The molecule has 0 fully saturated rings. The summed E-state index contributed by atoms with van der Waals surface area (Å²) in [5.41, 5.74) is 1.95. The SMILES string of the molecule is CN=C(NCc1cc(C#N)ccc1F)N(C)CCc1ccc(OC)c(OC)c1. The molecule has 0 aliphatic rings. The highest BCUT2D eigenvalue weighted by Gasteiger charge is 2.10. The molecule has 1 N–H and O–H groups in total. The number of rotatable bonds is 7. The van der Waals surface area contributed by atoms with Crippen molar-refractivity contribution in [3.63, 3.8) is 0 Å². The van der Waals surface area contributed by atoms with Crippen molar-refractivity contribution in [2.24, 2.45) is 4.99 Å². The number of nitrogens with zero attached hydrogens (tertiary/aromatic N) is 3. The topological polar surface area (TPSA) is 69.9 Å². The van der Waals surface area contributed by atoms with E-state index in [1.807, 2.05) is 36.2 Å². The Kier molecular flexibility index (Phi) is 7.64. The van der Waals surface area contributed by atoms with Gasteiger partial charge in [0.15, 0.2) is 17.5 Å². The van der Waals surface area contributed by atoms with E-state index in [4.69, 9.17) is 14.7 Å². The first-order chi connectivity index (χ1) is 13.5. The molecule has 2 aromatic carbocycles. The number of halogens is 1. The smallest absolute Gasteiger partial charge is 0.193 e. The maximum absolute atomic E-state index is 13.9. The van der Waals surface area contributed by atoms with Crippen molar-refractivity contribution < 1.29 is 13.9 Å². The first kappa shape index (κ1) is 21.0. The minimum absolute atomic E-state index is 0.245. The summed E-state index contributed by atoms with van der Waals surface area (Å²) in [4.78, 5) is 6.21. The minimum Gasteiger partial charge on any atom is -0.493 e. The summed E-state index contributed by atoms with van der Waals surface area (Å²) in [5.74, 6) is 1.67. The average molecular weight is 384 g/mol. The Balaban J connectivity index is 1.97. The molecule has 0 aromatic heterocycles. The number of benzene rings is 2. The Labute approximate surface area is 165 Å². The summed E-state index contributed by atoms with van der Waals surface area (Å²) in [6.07, 6.45) is 0.774. The van der Waals surface area contributed by atoms with Crippen molar-refractivity contribution in [1.29, 1.82) is 5.26 Å². The first-order valence-electron chi connectivity index (χ1n) is 8.83. The van der Waals surface area contributed by atoms with Gasteiger partial charge in [-0.15, -0.1) is 0 Å². The van der Waals surface area contributed by atoms with Gasteiger partial charge in [-0.2, -0.15) is 5.26 Å². The molecule has 0 aliphatic heterocycles. The number of guanidine groups is 1. The fourth-order valence-electron chi connectivity index (χ4n) is 2.78. The number of methoxy groups -OCH3 is 2. The number of ether oxygens (including phenoxy) is 2. The average Bonchev–Trinajstić information content (AvgIpc) is 2.73. The van der Waals surface area contributed by atoms with Crippen LogP contribution in [0.15, 0.2) is 41.4 Å². The predicted octanol–water partition coefficient (Wildman–Crippen LogP) is 2.96. The maximum Gasteiger partial charge on any atom is 0.193 e. The van der Waals surface area contributed by atoms with Gasteiger partial charge in [0.25, 0.3) is 0 Å². The van der Waals surface area contributed by atoms with Crippen molar-refractivity contribution in [2.45, 2.75) is 13.0 Å². The molecular formula is C21H25FN4O2. The maximum atomic E-state index is 13.9. The number of nitrogens with one attached hydrogen (secondary N) is 1. The van der Waals surface area contributed by atoms with Crippen LogP contribution in [0, 0.1) is 17.1 Å². The van der Waals surface area contributed by atoms with Crippen LogP contribution in [0.4, 0.5) is 4.39 Å². The van der Waals surface area contributed by atoms with Crippen molar-refractivity contribution in [3.05, 3.63) is 58.9 Å². The normalized spacial score (nSPS) is 10.9. The van der Waals surface area contributed by atoms with E-state index in [2.05, 4.69) is 10.3 Å². The summed E-state index contributed by atoms with van der Waals surface area (Å²) in [6.45, 7) is 0.949. The molecule has 0 unspecified atom stereocenters. The standard InChI is InChI=1S/C21H25FN4O2/c1-24-21(25-14-17-11-16(13-23)5-7-18(17)22)26(2)10-9-15-6-8-19(27-3)20(12-15)28-4/h5-8,11-12H,9-10,14H2,1-4H3,(H,24,25). The van der Waals surface area contributed by atoms with Gasteiger partial charge in [0.1, 0.15) is 5.82 Å². The molecule has 28 heavy (non-hydrogen) atoms. The highest BCUT2D eigenvalue weighted by atomic mass is 19.1. The second kappa shape index (κ2) is 10.2. The second-order valence-corrected chi connectivity index (χ2v) is 6.18. The number of aliphatic imine (C=N–C) groups is 1. The van der Waals surface area contributed by atoms with Gasteiger partial charge in [-0.05, 0) is 42.3 Å². The van der Waals surface area contributed by atoms with Crippen LogP contribution in [0.3, 0.4) is 0 Å². The van der Waals surface area contributed by atoms with Gasteiger partial charge in [-0.3, -0.25) is 4.99 Å². The molecule has 0 bridgehead atoms. The summed E-state index contributed by atoms with van der Waals surface area (Å²) in [5, 5.41) is 12.1. The molecule has 148 valence electrons. The lowest BCUT2D eigenvalue weighted by molar-refractivity contribution is 0.354. The lowest BCUT2D eigenvalue weighted by Gasteiger charge is -2.22. The van der Waals surface area contributed by atoms with Crippen LogP contribution in [0.2, 0.25) is 0 Å². The molecule has 2 aromatic rings. The first-order valence-corrected chi connectivity index (χ1v) is 8.83. The molecule has 7 heteroatoms. The van der Waals surface area contributed by atoms with E-state index in [1.165, 1.54) is 12.1 Å². The molecule has 6 nitrogen and oxygen atoms in total. The zero-order chi connectivity index (χ0) is 20.5.